The molecule has 0 amide bonds. The Bertz CT molecular complexity index is 242. The quantitative estimate of drug-likeness (QED) is 0.640. The molecule has 0 aromatic carbocycles. The molecule has 1 aromatic rings. The summed E-state index contributed by atoms with van der Waals surface area (Å²) in [6.45, 7) is 0.514. The van der Waals surface area contributed by atoms with Gasteiger partial charge in [-0.05, 0) is 18.1 Å². The van der Waals surface area contributed by atoms with Gasteiger partial charge in [0.2, 0.25) is 0 Å². The third-order valence-corrected chi connectivity index (χ3v) is 1.71. The second-order valence-corrected chi connectivity index (χ2v) is 2.74. The number of rotatable bonds is 3. The third kappa shape index (κ3) is 1.37. The number of aromatic nitrogens is 4. The molecule has 11 heavy (non-hydrogen) atoms. The van der Waals surface area contributed by atoms with E-state index in [4.69, 9.17) is 5.11 Å². The van der Waals surface area contributed by atoms with Crippen molar-refractivity contribution in [1.82, 2.24) is 20.2 Å². The molecule has 1 aliphatic rings. The average molecular weight is 154 g/mol. The van der Waals surface area contributed by atoms with Crippen molar-refractivity contribution >= 4 is 0 Å². The van der Waals surface area contributed by atoms with Crippen molar-refractivity contribution in [3.63, 3.8) is 0 Å². The lowest BCUT2D eigenvalue weighted by Crippen LogP contribution is -2.05. The van der Waals surface area contributed by atoms with Gasteiger partial charge < -0.3 is 5.11 Å². The van der Waals surface area contributed by atoms with Crippen molar-refractivity contribution in [2.24, 2.45) is 0 Å². The van der Waals surface area contributed by atoms with Crippen molar-refractivity contribution < 1.29 is 5.11 Å². The van der Waals surface area contributed by atoms with Gasteiger partial charge in [-0.15, -0.1) is 10.2 Å². The van der Waals surface area contributed by atoms with Crippen molar-refractivity contribution in [3.05, 3.63) is 5.82 Å². The summed E-state index contributed by atoms with van der Waals surface area (Å²) in [4.78, 5) is 1.44. The van der Waals surface area contributed by atoms with Crippen LogP contribution in [0.2, 0.25) is 0 Å². The number of nitrogens with zero attached hydrogens (tertiary/aromatic N) is 4. The Morgan fingerprint density at radius 2 is 2.36 bits per heavy atom. The third-order valence-electron chi connectivity index (χ3n) is 1.71. The van der Waals surface area contributed by atoms with E-state index in [2.05, 4.69) is 15.4 Å². The summed E-state index contributed by atoms with van der Waals surface area (Å²) < 4.78 is 0. The molecule has 5 heteroatoms. The highest BCUT2D eigenvalue weighted by Crippen LogP contribution is 2.37. The molecule has 1 fully saturated rings. The van der Waals surface area contributed by atoms with Crippen LogP contribution in [-0.4, -0.2) is 31.9 Å². The van der Waals surface area contributed by atoms with Gasteiger partial charge in [-0.25, -0.2) is 0 Å². The van der Waals surface area contributed by atoms with E-state index < -0.39 is 0 Å². The van der Waals surface area contributed by atoms with E-state index in [1.807, 2.05) is 0 Å². The van der Waals surface area contributed by atoms with E-state index >= 15 is 0 Å². The minimum atomic E-state index is 0.0699. The molecule has 1 N–H and O–H groups in total. The number of aliphatic hydroxyl groups excluding tert-OH is 1. The first kappa shape index (κ1) is 6.72. The lowest BCUT2D eigenvalue weighted by Gasteiger charge is -1.89. The average Bonchev–Trinajstić information content (AvgIpc) is 2.75. The number of tetrazole rings is 1. The summed E-state index contributed by atoms with van der Waals surface area (Å²) in [5, 5.41) is 20.3. The number of hydrogen-bond acceptors (Lipinski definition) is 4. The Hall–Kier alpha value is -0.970. The van der Waals surface area contributed by atoms with E-state index in [-0.39, 0.29) is 6.61 Å². The lowest BCUT2D eigenvalue weighted by molar-refractivity contribution is 0.259. The molecule has 0 radical (unpaired) electrons. The fourth-order valence-electron chi connectivity index (χ4n) is 0.945. The minimum absolute atomic E-state index is 0.0699. The summed E-state index contributed by atoms with van der Waals surface area (Å²) in [5.41, 5.74) is 0. The van der Waals surface area contributed by atoms with Crippen LogP contribution in [0, 0.1) is 0 Å². The fraction of sp³-hybridized carbons (Fsp3) is 0.833. The Morgan fingerprint density at radius 3 is 3.00 bits per heavy atom. The van der Waals surface area contributed by atoms with Crippen molar-refractivity contribution in [1.29, 1.82) is 0 Å². The van der Waals surface area contributed by atoms with E-state index in [9.17, 15) is 0 Å². The molecule has 1 aliphatic carbocycles. The summed E-state index contributed by atoms with van der Waals surface area (Å²) in [7, 11) is 0. The summed E-state index contributed by atoms with van der Waals surface area (Å²) in [6.07, 6.45) is 2.37. The zero-order chi connectivity index (χ0) is 7.68. The van der Waals surface area contributed by atoms with Gasteiger partial charge in [0.1, 0.15) is 0 Å². The molecule has 1 aromatic heterocycles. The molecule has 0 spiro atoms. The van der Waals surface area contributed by atoms with Crippen LogP contribution in [0.25, 0.3) is 0 Å². The van der Waals surface area contributed by atoms with Crippen LogP contribution in [-0.2, 0) is 6.54 Å². The van der Waals surface area contributed by atoms with Crippen molar-refractivity contribution in [3.8, 4) is 0 Å². The van der Waals surface area contributed by atoms with Gasteiger partial charge in [-0.1, -0.05) is 0 Å². The summed E-state index contributed by atoms with van der Waals surface area (Å²) in [6, 6.07) is 0. The van der Waals surface area contributed by atoms with Crippen LogP contribution in [0.4, 0.5) is 0 Å². The van der Waals surface area contributed by atoms with Crippen LogP contribution in [0.3, 0.4) is 0 Å². The Balaban J connectivity index is 2.06. The van der Waals surface area contributed by atoms with Gasteiger partial charge in [-0.3, -0.25) is 0 Å². The number of aliphatic hydroxyl groups is 1. The molecule has 0 aliphatic heterocycles. The van der Waals surface area contributed by atoms with Crippen LogP contribution in [0.1, 0.15) is 24.6 Å². The monoisotopic (exact) mass is 154 g/mol. The largest absolute Gasteiger partial charge is 0.394 e. The van der Waals surface area contributed by atoms with Crippen LogP contribution < -0.4 is 0 Å². The van der Waals surface area contributed by atoms with E-state index in [0.29, 0.717) is 12.5 Å². The SMILES string of the molecule is OCCn1nnc(C2CC2)n1. The van der Waals surface area contributed by atoms with Gasteiger partial charge in [-0.2, -0.15) is 4.80 Å². The summed E-state index contributed by atoms with van der Waals surface area (Å²) >= 11 is 0. The normalized spacial score (nSPS) is 17.2. The molecule has 2 rings (SSSR count). The van der Waals surface area contributed by atoms with E-state index in [1.165, 1.54) is 17.6 Å². The highest BCUT2D eigenvalue weighted by atomic mass is 16.3. The highest BCUT2D eigenvalue weighted by Gasteiger charge is 2.28. The highest BCUT2D eigenvalue weighted by molar-refractivity contribution is 5.00. The first-order valence-corrected chi connectivity index (χ1v) is 3.78. The van der Waals surface area contributed by atoms with Gasteiger partial charge >= 0.3 is 0 Å². The molecule has 5 nitrogen and oxygen atoms in total. The maximum absolute atomic E-state index is 8.55. The molecule has 0 bridgehead atoms. The molecule has 0 atom stereocenters. The van der Waals surface area contributed by atoms with E-state index in [0.717, 1.165) is 5.82 Å². The Labute approximate surface area is 64.0 Å². The zero-order valence-corrected chi connectivity index (χ0v) is 6.14. The van der Waals surface area contributed by atoms with E-state index in [1.54, 1.807) is 0 Å². The van der Waals surface area contributed by atoms with Gasteiger partial charge in [0.15, 0.2) is 5.82 Å². The molecule has 0 unspecified atom stereocenters. The summed E-state index contributed by atoms with van der Waals surface area (Å²) in [5.74, 6) is 1.38. The minimum Gasteiger partial charge on any atom is -0.394 e. The fourth-order valence-corrected chi connectivity index (χ4v) is 0.945. The second-order valence-electron chi connectivity index (χ2n) is 2.74. The van der Waals surface area contributed by atoms with Crippen LogP contribution >= 0.6 is 0 Å². The molecule has 1 heterocycles. The van der Waals surface area contributed by atoms with Crippen molar-refractivity contribution in [2.45, 2.75) is 25.3 Å². The molecule has 0 saturated heterocycles. The van der Waals surface area contributed by atoms with Crippen LogP contribution in [0.15, 0.2) is 0 Å². The topological polar surface area (TPSA) is 63.8 Å². The smallest absolute Gasteiger partial charge is 0.177 e. The standard InChI is InChI=1S/C6H10N4O/c11-4-3-10-8-6(7-9-10)5-1-2-5/h5,11H,1-4H2. The lowest BCUT2D eigenvalue weighted by atomic mass is 10.4. The molecule has 1 saturated carbocycles. The van der Waals surface area contributed by atoms with Crippen LogP contribution in [0.5, 0.6) is 0 Å². The second kappa shape index (κ2) is 2.58. The Kier molecular flexibility index (Phi) is 1.58. The maximum Gasteiger partial charge on any atom is 0.177 e. The first-order chi connectivity index (χ1) is 5.40. The van der Waals surface area contributed by atoms with Gasteiger partial charge in [0, 0.05) is 5.92 Å². The van der Waals surface area contributed by atoms with Crippen molar-refractivity contribution in [2.75, 3.05) is 6.61 Å². The molecular formula is C6H10N4O. The number of hydrogen-bond donors (Lipinski definition) is 1. The predicted molar refractivity (Wildman–Crippen MR) is 36.9 cm³/mol. The first-order valence-electron chi connectivity index (χ1n) is 3.78. The molecular weight excluding hydrogens is 144 g/mol. The van der Waals surface area contributed by atoms with Gasteiger partial charge in [0.05, 0.1) is 13.2 Å². The predicted octanol–water partition coefficient (Wildman–Crippen LogP) is -0.457. The Morgan fingerprint density at radius 1 is 1.55 bits per heavy atom. The van der Waals surface area contributed by atoms with Gasteiger partial charge in [0.25, 0.3) is 0 Å². The zero-order valence-electron chi connectivity index (χ0n) is 6.14. The molecule has 60 valence electrons. The maximum atomic E-state index is 8.55.